The summed E-state index contributed by atoms with van der Waals surface area (Å²) in [5.41, 5.74) is 0.184. The maximum Gasteiger partial charge on any atom is 0.307 e. The van der Waals surface area contributed by atoms with Gasteiger partial charge in [0.05, 0.1) is 25.6 Å². The fraction of sp³-hybridized carbons (Fsp3) is 0.556. The molecular formula is C18H27NO5. The molecule has 0 aliphatic heterocycles. The van der Waals surface area contributed by atoms with E-state index in [0.717, 1.165) is 5.56 Å². The van der Waals surface area contributed by atoms with Crippen molar-refractivity contribution in [3.8, 4) is 5.75 Å². The topological polar surface area (TPSA) is 84.9 Å². The van der Waals surface area contributed by atoms with Gasteiger partial charge < -0.3 is 19.9 Å². The van der Waals surface area contributed by atoms with Gasteiger partial charge >= 0.3 is 5.97 Å². The van der Waals surface area contributed by atoms with Crippen molar-refractivity contribution >= 4 is 11.9 Å². The molecule has 1 amide bonds. The minimum Gasteiger partial charge on any atom is -0.496 e. The van der Waals surface area contributed by atoms with Crippen molar-refractivity contribution in [3.05, 3.63) is 29.8 Å². The van der Waals surface area contributed by atoms with E-state index in [9.17, 15) is 14.7 Å². The van der Waals surface area contributed by atoms with Gasteiger partial charge in [-0.25, -0.2) is 0 Å². The van der Waals surface area contributed by atoms with Crippen LogP contribution in [0.3, 0.4) is 0 Å². The number of nitrogens with one attached hydrogen (secondary N) is 1. The minimum absolute atomic E-state index is 0.174. The highest BCUT2D eigenvalue weighted by Gasteiger charge is 2.29. The lowest BCUT2D eigenvalue weighted by atomic mass is 9.98. The van der Waals surface area contributed by atoms with Crippen LogP contribution in [0.25, 0.3) is 0 Å². The number of carbonyl (C=O) groups is 2. The first-order valence-electron chi connectivity index (χ1n) is 7.93. The molecule has 0 fully saturated rings. The average Bonchev–Trinajstić information content (AvgIpc) is 2.48. The zero-order chi connectivity index (χ0) is 18.3. The van der Waals surface area contributed by atoms with Crippen molar-refractivity contribution in [2.75, 3.05) is 7.11 Å². The fourth-order valence-electron chi connectivity index (χ4n) is 2.21. The number of methoxy groups -OCH3 is 1. The van der Waals surface area contributed by atoms with E-state index in [2.05, 4.69) is 5.32 Å². The van der Waals surface area contributed by atoms with Crippen molar-refractivity contribution in [1.29, 1.82) is 0 Å². The summed E-state index contributed by atoms with van der Waals surface area (Å²) in [6.45, 7) is 7.00. The number of benzene rings is 1. The normalized spacial score (nSPS) is 13.8. The molecule has 134 valence electrons. The largest absolute Gasteiger partial charge is 0.496 e. The predicted molar refractivity (Wildman–Crippen MR) is 90.5 cm³/mol. The van der Waals surface area contributed by atoms with Gasteiger partial charge in [-0.05, 0) is 33.8 Å². The first-order valence-corrected chi connectivity index (χ1v) is 7.93. The molecule has 2 atom stereocenters. The maximum atomic E-state index is 12.3. The van der Waals surface area contributed by atoms with E-state index in [4.69, 9.17) is 9.47 Å². The summed E-state index contributed by atoms with van der Waals surface area (Å²) in [5.74, 6) is -1.12. The molecule has 0 aromatic heterocycles. The molecular weight excluding hydrogens is 310 g/mol. The van der Waals surface area contributed by atoms with Crippen LogP contribution in [0.15, 0.2) is 24.3 Å². The summed E-state index contributed by atoms with van der Waals surface area (Å²) < 4.78 is 10.4. The van der Waals surface area contributed by atoms with Crippen LogP contribution in [0.4, 0.5) is 0 Å². The number of carbonyl (C=O) groups excluding carboxylic acids is 2. The Bertz CT molecular complexity index is 563. The fourth-order valence-corrected chi connectivity index (χ4v) is 2.21. The second-order valence-corrected chi connectivity index (χ2v) is 6.67. The number of amides is 1. The van der Waals surface area contributed by atoms with E-state index < -0.39 is 29.5 Å². The highest BCUT2D eigenvalue weighted by atomic mass is 16.6. The standard InChI is InChI=1S/C18H27NO5/c1-12(20)14(10-16(21)24-18(2,3)4)17(22)19-11-13-8-6-7-9-15(13)23-5/h6-9,12,14,20H,10-11H2,1-5H3,(H,19,22)/t12-,14+/m1/s1. The van der Waals surface area contributed by atoms with Crippen LogP contribution >= 0.6 is 0 Å². The molecule has 24 heavy (non-hydrogen) atoms. The molecule has 0 heterocycles. The molecule has 0 saturated carbocycles. The molecule has 6 heteroatoms. The van der Waals surface area contributed by atoms with Crippen molar-refractivity contribution < 1.29 is 24.2 Å². The van der Waals surface area contributed by atoms with E-state index in [1.165, 1.54) is 6.92 Å². The van der Waals surface area contributed by atoms with Gasteiger partial charge in [-0.15, -0.1) is 0 Å². The smallest absolute Gasteiger partial charge is 0.307 e. The Labute approximate surface area is 143 Å². The van der Waals surface area contributed by atoms with Crippen molar-refractivity contribution in [2.24, 2.45) is 5.92 Å². The summed E-state index contributed by atoms with van der Waals surface area (Å²) in [6, 6.07) is 7.32. The van der Waals surface area contributed by atoms with Gasteiger partial charge in [0.2, 0.25) is 5.91 Å². The van der Waals surface area contributed by atoms with Crippen LogP contribution in [0.1, 0.15) is 39.7 Å². The first kappa shape index (κ1) is 20.0. The average molecular weight is 337 g/mol. The highest BCUT2D eigenvalue weighted by Crippen LogP contribution is 2.18. The Kier molecular flexibility index (Phi) is 7.22. The van der Waals surface area contributed by atoms with Crippen LogP contribution in [0, 0.1) is 5.92 Å². The lowest BCUT2D eigenvalue weighted by Crippen LogP contribution is -2.38. The van der Waals surface area contributed by atoms with Gasteiger partial charge in [0, 0.05) is 12.1 Å². The molecule has 6 nitrogen and oxygen atoms in total. The van der Waals surface area contributed by atoms with Gasteiger partial charge in [0.1, 0.15) is 11.4 Å². The van der Waals surface area contributed by atoms with Crippen molar-refractivity contribution in [2.45, 2.75) is 52.4 Å². The molecule has 1 aromatic rings. The molecule has 0 unspecified atom stereocenters. The van der Waals surface area contributed by atoms with Gasteiger partial charge in [0.25, 0.3) is 0 Å². The van der Waals surface area contributed by atoms with E-state index in [1.54, 1.807) is 33.9 Å². The zero-order valence-electron chi connectivity index (χ0n) is 15.0. The predicted octanol–water partition coefficient (Wildman–Crippen LogP) is 2.04. The second-order valence-electron chi connectivity index (χ2n) is 6.67. The lowest BCUT2D eigenvalue weighted by Gasteiger charge is -2.23. The summed E-state index contributed by atoms with van der Waals surface area (Å²) in [5, 5.41) is 12.6. The number of esters is 1. The number of aliphatic hydroxyl groups excluding tert-OH is 1. The Balaban J connectivity index is 2.68. The zero-order valence-corrected chi connectivity index (χ0v) is 15.0. The van der Waals surface area contributed by atoms with E-state index >= 15 is 0 Å². The van der Waals surface area contributed by atoms with Crippen molar-refractivity contribution in [1.82, 2.24) is 5.32 Å². The Morgan fingerprint density at radius 3 is 2.42 bits per heavy atom. The van der Waals surface area contributed by atoms with E-state index in [1.807, 2.05) is 18.2 Å². The third kappa shape index (κ3) is 6.58. The lowest BCUT2D eigenvalue weighted by molar-refractivity contribution is -0.158. The van der Waals surface area contributed by atoms with Gasteiger partial charge in [-0.3, -0.25) is 9.59 Å². The van der Waals surface area contributed by atoms with Crippen LogP contribution < -0.4 is 10.1 Å². The number of hydrogen-bond donors (Lipinski definition) is 2. The number of rotatable bonds is 7. The molecule has 0 aliphatic rings. The maximum absolute atomic E-state index is 12.3. The highest BCUT2D eigenvalue weighted by molar-refractivity contribution is 5.84. The summed E-state index contributed by atoms with van der Waals surface area (Å²) in [4.78, 5) is 24.3. The number of para-hydroxylation sites is 1. The van der Waals surface area contributed by atoms with Gasteiger partial charge in [0.15, 0.2) is 0 Å². The third-order valence-corrected chi connectivity index (χ3v) is 3.37. The van der Waals surface area contributed by atoms with E-state index in [-0.39, 0.29) is 13.0 Å². The molecule has 0 spiro atoms. The molecule has 0 aliphatic carbocycles. The molecule has 2 N–H and O–H groups in total. The molecule has 0 saturated heterocycles. The van der Waals surface area contributed by atoms with Crippen LogP contribution in [0.5, 0.6) is 5.75 Å². The van der Waals surface area contributed by atoms with Crippen LogP contribution in [0.2, 0.25) is 0 Å². The number of hydrogen-bond acceptors (Lipinski definition) is 5. The van der Waals surface area contributed by atoms with Gasteiger partial charge in [-0.2, -0.15) is 0 Å². The van der Waals surface area contributed by atoms with Gasteiger partial charge in [-0.1, -0.05) is 18.2 Å². The third-order valence-electron chi connectivity index (χ3n) is 3.37. The second kappa shape index (κ2) is 8.68. The molecule has 1 aromatic carbocycles. The number of aliphatic hydroxyl groups is 1. The summed E-state index contributed by atoms with van der Waals surface area (Å²) in [6.07, 6.45) is -1.14. The Hall–Kier alpha value is -2.08. The van der Waals surface area contributed by atoms with Crippen LogP contribution in [-0.4, -0.2) is 35.8 Å². The first-order chi connectivity index (χ1) is 11.1. The summed E-state index contributed by atoms with van der Waals surface area (Å²) >= 11 is 0. The Morgan fingerprint density at radius 1 is 1.25 bits per heavy atom. The monoisotopic (exact) mass is 337 g/mol. The van der Waals surface area contributed by atoms with Crippen molar-refractivity contribution in [3.63, 3.8) is 0 Å². The Morgan fingerprint density at radius 2 is 1.88 bits per heavy atom. The van der Waals surface area contributed by atoms with E-state index in [0.29, 0.717) is 5.75 Å². The number of ether oxygens (including phenoxy) is 2. The minimum atomic E-state index is -0.963. The molecule has 0 bridgehead atoms. The molecule has 0 radical (unpaired) electrons. The quantitative estimate of drug-likeness (QED) is 0.744. The SMILES string of the molecule is COc1ccccc1CNC(=O)[C@@H](CC(=O)OC(C)(C)C)[C@@H](C)O. The molecule has 1 rings (SSSR count). The summed E-state index contributed by atoms with van der Waals surface area (Å²) in [7, 11) is 1.56. The van der Waals surface area contributed by atoms with Crippen LogP contribution in [-0.2, 0) is 20.9 Å².